The molecule has 2 rings (SSSR count). The molecule has 23 heavy (non-hydrogen) atoms. The molecular weight excluding hydrogens is 290 g/mol. The second kappa shape index (κ2) is 7.13. The predicted octanol–water partition coefficient (Wildman–Crippen LogP) is 2.09. The van der Waals surface area contributed by atoms with E-state index < -0.39 is 11.8 Å². The van der Waals surface area contributed by atoms with Gasteiger partial charge in [0.25, 0.3) is 0 Å². The van der Waals surface area contributed by atoms with Gasteiger partial charge in [0, 0.05) is 31.9 Å². The van der Waals surface area contributed by atoms with Crippen molar-refractivity contribution < 1.29 is 9.59 Å². The summed E-state index contributed by atoms with van der Waals surface area (Å²) in [5.41, 5.74) is 1.64. The lowest BCUT2D eigenvalue weighted by Crippen LogP contribution is -2.51. The van der Waals surface area contributed by atoms with Gasteiger partial charge in [-0.1, -0.05) is 45.9 Å². The highest BCUT2D eigenvalue weighted by molar-refractivity contribution is 6.39. The van der Waals surface area contributed by atoms with Crippen LogP contribution in [0, 0.1) is 0 Å². The number of piperazine rings is 1. The molecule has 1 N–H and O–H groups in total. The predicted molar refractivity (Wildman–Crippen MR) is 92.5 cm³/mol. The van der Waals surface area contributed by atoms with Crippen LogP contribution in [0.2, 0.25) is 0 Å². The molecule has 1 aromatic carbocycles. The number of carbonyl (C=O) groups is 2. The number of carbonyl (C=O) groups excluding carboxylic acids is 2. The van der Waals surface area contributed by atoms with Crippen LogP contribution in [0.5, 0.6) is 0 Å². The Hall–Kier alpha value is -1.88. The van der Waals surface area contributed by atoms with Crippen molar-refractivity contribution >= 4 is 17.5 Å². The third kappa shape index (κ3) is 4.32. The second-order valence-electron chi connectivity index (χ2n) is 6.98. The summed E-state index contributed by atoms with van der Waals surface area (Å²) < 4.78 is 0. The minimum Gasteiger partial charge on any atom is -0.332 e. The van der Waals surface area contributed by atoms with Crippen LogP contribution in [0.3, 0.4) is 0 Å². The Balaban J connectivity index is 2.04. The standard InChI is InChI=1S/C18H27N3O2/c1-5-20-10-12-21(13-11-20)17(23)16(22)19-15-9-7-6-8-14(15)18(2,3)4/h6-9H,5,10-13H2,1-4H3,(H,19,22). The molecule has 0 aromatic heterocycles. The SMILES string of the molecule is CCN1CCN(C(=O)C(=O)Nc2ccccc2C(C)(C)C)CC1. The maximum atomic E-state index is 12.4. The first-order valence-electron chi connectivity index (χ1n) is 8.25. The van der Waals surface area contributed by atoms with Gasteiger partial charge in [0.1, 0.15) is 0 Å². The van der Waals surface area contributed by atoms with Gasteiger partial charge >= 0.3 is 11.8 Å². The Labute approximate surface area is 138 Å². The summed E-state index contributed by atoms with van der Waals surface area (Å²) in [6.07, 6.45) is 0. The van der Waals surface area contributed by atoms with Crippen molar-refractivity contribution in [3.05, 3.63) is 29.8 Å². The summed E-state index contributed by atoms with van der Waals surface area (Å²) in [5, 5.41) is 2.80. The highest BCUT2D eigenvalue weighted by atomic mass is 16.2. The normalized spacial score (nSPS) is 16.3. The van der Waals surface area contributed by atoms with Crippen LogP contribution in [-0.2, 0) is 15.0 Å². The van der Waals surface area contributed by atoms with E-state index in [-0.39, 0.29) is 5.41 Å². The minimum atomic E-state index is -0.549. The van der Waals surface area contributed by atoms with Gasteiger partial charge in [-0.3, -0.25) is 9.59 Å². The molecule has 1 heterocycles. The van der Waals surface area contributed by atoms with Crippen LogP contribution in [0.4, 0.5) is 5.69 Å². The molecule has 1 aliphatic rings. The maximum Gasteiger partial charge on any atom is 0.313 e. The lowest BCUT2D eigenvalue weighted by molar-refractivity contribution is -0.144. The molecule has 0 atom stereocenters. The fourth-order valence-corrected chi connectivity index (χ4v) is 2.83. The molecule has 0 saturated carbocycles. The fourth-order valence-electron chi connectivity index (χ4n) is 2.83. The number of anilines is 1. The first-order chi connectivity index (χ1) is 10.8. The quantitative estimate of drug-likeness (QED) is 0.850. The van der Waals surface area contributed by atoms with Gasteiger partial charge in [-0.05, 0) is 23.6 Å². The summed E-state index contributed by atoms with van der Waals surface area (Å²) in [7, 11) is 0. The average molecular weight is 317 g/mol. The molecule has 1 aromatic rings. The number of hydrogen-bond donors (Lipinski definition) is 1. The van der Waals surface area contributed by atoms with Crippen molar-refractivity contribution in [2.45, 2.75) is 33.1 Å². The fraction of sp³-hybridized carbons (Fsp3) is 0.556. The molecule has 5 nitrogen and oxygen atoms in total. The maximum absolute atomic E-state index is 12.4. The van der Waals surface area contributed by atoms with Crippen molar-refractivity contribution in [2.75, 3.05) is 38.0 Å². The number of para-hydroxylation sites is 1. The number of benzene rings is 1. The molecule has 5 heteroatoms. The van der Waals surface area contributed by atoms with Gasteiger partial charge < -0.3 is 15.1 Å². The van der Waals surface area contributed by atoms with E-state index >= 15 is 0 Å². The Morgan fingerprint density at radius 1 is 1.09 bits per heavy atom. The molecule has 2 amide bonds. The average Bonchev–Trinajstić information content (AvgIpc) is 2.53. The molecule has 1 aliphatic heterocycles. The number of nitrogens with one attached hydrogen (secondary N) is 1. The number of hydrogen-bond acceptors (Lipinski definition) is 3. The number of amides is 2. The molecule has 0 aliphatic carbocycles. The smallest absolute Gasteiger partial charge is 0.313 e. The Kier molecular flexibility index (Phi) is 5.42. The van der Waals surface area contributed by atoms with Gasteiger partial charge in [0.2, 0.25) is 0 Å². The molecule has 126 valence electrons. The number of rotatable bonds is 2. The van der Waals surface area contributed by atoms with E-state index in [1.54, 1.807) is 4.90 Å². The van der Waals surface area contributed by atoms with Gasteiger partial charge in [-0.15, -0.1) is 0 Å². The molecule has 0 spiro atoms. The zero-order valence-electron chi connectivity index (χ0n) is 14.6. The van der Waals surface area contributed by atoms with Crippen LogP contribution < -0.4 is 5.32 Å². The van der Waals surface area contributed by atoms with E-state index in [0.29, 0.717) is 18.8 Å². The molecule has 0 radical (unpaired) electrons. The summed E-state index contributed by atoms with van der Waals surface area (Å²) in [6, 6.07) is 7.65. The van der Waals surface area contributed by atoms with Crippen molar-refractivity contribution in [1.29, 1.82) is 0 Å². The van der Waals surface area contributed by atoms with Gasteiger partial charge in [-0.2, -0.15) is 0 Å². The zero-order valence-corrected chi connectivity index (χ0v) is 14.6. The third-order valence-electron chi connectivity index (χ3n) is 4.28. The van der Waals surface area contributed by atoms with E-state index in [2.05, 4.69) is 37.9 Å². The molecular formula is C18H27N3O2. The Bertz CT molecular complexity index is 570. The van der Waals surface area contributed by atoms with Crippen LogP contribution in [-0.4, -0.2) is 54.3 Å². The molecule has 0 bridgehead atoms. The van der Waals surface area contributed by atoms with Crippen LogP contribution >= 0.6 is 0 Å². The van der Waals surface area contributed by atoms with E-state index in [1.165, 1.54) is 0 Å². The van der Waals surface area contributed by atoms with Crippen molar-refractivity contribution in [3.63, 3.8) is 0 Å². The molecule has 0 unspecified atom stereocenters. The number of nitrogens with zero attached hydrogens (tertiary/aromatic N) is 2. The van der Waals surface area contributed by atoms with Crippen molar-refractivity contribution in [3.8, 4) is 0 Å². The van der Waals surface area contributed by atoms with Crippen LogP contribution in [0.25, 0.3) is 0 Å². The Morgan fingerprint density at radius 2 is 1.70 bits per heavy atom. The molecule has 1 fully saturated rings. The summed E-state index contributed by atoms with van der Waals surface area (Å²) in [4.78, 5) is 28.6. The van der Waals surface area contributed by atoms with Gasteiger partial charge in [0.05, 0.1) is 0 Å². The van der Waals surface area contributed by atoms with Gasteiger partial charge in [0.15, 0.2) is 0 Å². The van der Waals surface area contributed by atoms with E-state index in [9.17, 15) is 9.59 Å². The summed E-state index contributed by atoms with van der Waals surface area (Å²) in [5.74, 6) is -0.990. The number of likely N-dealkylation sites (N-methyl/N-ethyl adjacent to an activating group) is 1. The van der Waals surface area contributed by atoms with Crippen molar-refractivity contribution in [2.24, 2.45) is 0 Å². The first-order valence-corrected chi connectivity index (χ1v) is 8.25. The highest BCUT2D eigenvalue weighted by Crippen LogP contribution is 2.29. The van der Waals surface area contributed by atoms with Crippen LogP contribution in [0.15, 0.2) is 24.3 Å². The second-order valence-corrected chi connectivity index (χ2v) is 6.98. The van der Waals surface area contributed by atoms with E-state index in [1.807, 2.05) is 24.3 Å². The van der Waals surface area contributed by atoms with Crippen LogP contribution in [0.1, 0.15) is 33.3 Å². The van der Waals surface area contributed by atoms with Crippen molar-refractivity contribution in [1.82, 2.24) is 9.80 Å². The van der Waals surface area contributed by atoms with Gasteiger partial charge in [-0.25, -0.2) is 0 Å². The highest BCUT2D eigenvalue weighted by Gasteiger charge is 2.27. The lowest BCUT2D eigenvalue weighted by atomic mass is 9.86. The monoisotopic (exact) mass is 317 g/mol. The Morgan fingerprint density at radius 3 is 2.26 bits per heavy atom. The lowest BCUT2D eigenvalue weighted by Gasteiger charge is -2.33. The minimum absolute atomic E-state index is 0.0975. The topological polar surface area (TPSA) is 52.7 Å². The largest absolute Gasteiger partial charge is 0.332 e. The third-order valence-corrected chi connectivity index (χ3v) is 4.28. The van der Waals surface area contributed by atoms with E-state index in [4.69, 9.17) is 0 Å². The van der Waals surface area contributed by atoms with E-state index in [0.717, 1.165) is 25.2 Å². The summed E-state index contributed by atoms with van der Waals surface area (Å²) >= 11 is 0. The first kappa shape index (κ1) is 17.5. The molecule has 1 saturated heterocycles. The summed E-state index contributed by atoms with van der Waals surface area (Å²) in [6.45, 7) is 12.2. The zero-order chi connectivity index (χ0) is 17.0.